The number of aromatic nitrogens is 2. The fourth-order valence-corrected chi connectivity index (χ4v) is 3.86. The highest BCUT2D eigenvalue weighted by Crippen LogP contribution is 2.22. The minimum atomic E-state index is -3.51. The van der Waals surface area contributed by atoms with Gasteiger partial charge in [0, 0.05) is 26.2 Å². The van der Waals surface area contributed by atoms with Gasteiger partial charge >= 0.3 is 11.8 Å². The lowest BCUT2D eigenvalue weighted by Crippen LogP contribution is -2.25. The molecule has 1 aliphatic rings. The van der Waals surface area contributed by atoms with E-state index in [4.69, 9.17) is 4.42 Å². The first-order chi connectivity index (χ1) is 13.4. The molecule has 0 saturated heterocycles. The molecule has 0 aliphatic heterocycles. The highest BCUT2D eigenvalue weighted by molar-refractivity contribution is 7.89. The number of hydrogen-bond acceptors (Lipinski definition) is 6. The number of nitrogens with one attached hydrogen (secondary N) is 1. The lowest BCUT2D eigenvalue weighted by atomic mass is 9.97. The van der Waals surface area contributed by atoms with Crippen molar-refractivity contribution in [1.29, 1.82) is 0 Å². The number of nitrogens with zero attached hydrogens (tertiary/aromatic N) is 3. The summed E-state index contributed by atoms with van der Waals surface area (Å²) < 4.78 is 30.8. The standard InChI is InChI=1S/C19H24N4O4S/c1-23(2)28(25,26)16-10-8-15(9-11-16)18-21-22-19(27-18)17(24)20-13-12-14-6-4-3-5-7-14/h6,8-11H,3-5,7,12-13H2,1-2H3,(H,20,24). The van der Waals surface area contributed by atoms with Crippen LogP contribution in [0.25, 0.3) is 11.5 Å². The lowest BCUT2D eigenvalue weighted by molar-refractivity contribution is 0.0920. The molecule has 0 atom stereocenters. The monoisotopic (exact) mass is 404 g/mol. The van der Waals surface area contributed by atoms with Crippen LogP contribution in [0, 0.1) is 0 Å². The van der Waals surface area contributed by atoms with Crippen LogP contribution in [0.15, 0.2) is 45.2 Å². The predicted octanol–water partition coefficient (Wildman–Crippen LogP) is 2.61. The number of carbonyl (C=O) groups is 1. The van der Waals surface area contributed by atoms with E-state index < -0.39 is 15.9 Å². The van der Waals surface area contributed by atoms with Crippen LogP contribution in [0.1, 0.15) is 42.8 Å². The van der Waals surface area contributed by atoms with Crippen molar-refractivity contribution in [2.45, 2.75) is 37.0 Å². The van der Waals surface area contributed by atoms with Crippen LogP contribution in [-0.4, -0.2) is 49.5 Å². The molecular weight excluding hydrogens is 380 g/mol. The third-order valence-corrected chi connectivity index (χ3v) is 6.45. The zero-order valence-electron chi connectivity index (χ0n) is 16.0. The Hall–Kier alpha value is -2.52. The first kappa shape index (κ1) is 20.2. The molecule has 28 heavy (non-hydrogen) atoms. The number of hydrogen-bond donors (Lipinski definition) is 1. The Morgan fingerprint density at radius 1 is 1.18 bits per heavy atom. The second-order valence-corrected chi connectivity index (χ2v) is 8.99. The average molecular weight is 404 g/mol. The van der Waals surface area contributed by atoms with Gasteiger partial charge in [0.2, 0.25) is 15.9 Å². The van der Waals surface area contributed by atoms with Crippen LogP contribution in [0.4, 0.5) is 0 Å². The van der Waals surface area contributed by atoms with Crippen molar-refractivity contribution < 1.29 is 17.6 Å². The van der Waals surface area contributed by atoms with E-state index in [1.165, 1.54) is 44.6 Å². The molecule has 1 N–H and O–H groups in total. The Labute approximate surface area is 164 Å². The third-order valence-electron chi connectivity index (χ3n) is 4.62. The molecular formula is C19H24N4O4S. The molecule has 3 rings (SSSR count). The Bertz CT molecular complexity index is 962. The van der Waals surface area contributed by atoms with Crippen molar-refractivity contribution in [2.75, 3.05) is 20.6 Å². The van der Waals surface area contributed by atoms with Crippen LogP contribution >= 0.6 is 0 Å². The van der Waals surface area contributed by atoms with E-state index in [1.807, 2.05) is 0 Å². The van der Waals surface area contributed by atoms with Gasteiger partial charge in [-0.25, -0.2) is 12.7 Å². The average Bonchev–Trinajstić information content (AvgIpc) is 3.19. The summed E-state index contributed by atoms with van der Waals surface area (Å²) in [4.78, 5) is 12.3. The maximum atomic E-state index is 12.2. The van der Waals surface area contributed by atoms with Crippen molar-refractivity contribution in [3.8, 4) is 11.5 Å². The predicted molar refractivity (Wildman–Crippen MR) is 104 cm³/mol. The molecule has 1 aliphatic carbocycles. The van der Waals surface area contributed by atoms with E-state index in [2.05, 4.69) is 21.6 Å². The van der Waals surface area contributed by atoms with Gasteiger partial charge in [-0.3, -0.25) is 4.79 Å². The number of rotatable bonds is 7. The topological polar surface area (TPSA) is 105 Å². The van der Waals surface area contributed by atoms with Crippen LogP contribution < -0.4 is 5.32 Å². The molecule has 1 aromatic carbocycles. The highest BCUT2D eigenvalue weighted by Gasteiger charge is 2.19. The van der Waals surface area contributed by atoms with Gasteiger partial charge < -0.3 is 9.73 Å². The molecule has 0 radical (unpaired) electrons. The van der Waals surface area contributed by atoms with Crippen molar-refractivity contribution in [2.24, 2.45) is 0 Å². The molecule has 1 aromatic heterocycles. The highest BCUT2D eigenvalue weighted by atomic mass is 32.2. The number of allylic oxidation sites excluding steroid dienone is 1. The van der Waals surface area contributed by atoms with Crippen molar-refractivity contribution >= 4 is 15.9 Å². The number of amides is 1. The van der Waals surface area contributed by atoms with Gasteiger partial charge in [0.25, 0.3) is 0 Å². The van der Waals surface area contributed by atoms with E-state index in [0.717, 1.165) is 23.6 Å². The second-order valence-electron chi connectivity index (χ2n) is 6.84. The van der Waals surface area contributed by atoms with Crippen molar-refractivity contribution in [3.63, 3.8) is 0 Å². The molecule has 150 valence electrons. The molecule has 0 spiro atoms. The molecule has 9 heteroatoms. The van der Waals surface area contributed by atoms with Gasteiger partial charge in [0.1, 0.15) is 0 Å². The summed E-state index contributed by atoms with van der Waals surface area (Å²) in [6.07, 6.45) is 7.74. The Balaban J connectivity index is 1.61. The summed E-state index contributed by atoms with van der Waals surface area (Å²) in [5.41, 5.74) is 1.92. The molecule has 0 fully saturated rings. The van der Waals surface area contributed by atoms with Gasteiger partial charge in [-0.05, 0) is 56.4 Å². The fourth-order valence-electron chi connectivity index (χ4n) is 2.96. The smallest absolute Gasteiger partial charge is 0.308 e. The van der Waals surface area contributed by atoms with E-state index >= 15 is 0 Å². The first-order valence-corrected chi connectivity index (χ1v) is 10.6. The van der Waals surface area contributed by atoms with Gasteiger partial charge in [0.15, 0.2) is 0 Å². The molecule has 1 amide bonds. The second kappa shape index (κ2) is 8.66. The van der Waals surface area contributed by atoms with E-state index in [1.54, 1.807) is 12.1 Å². The van der Waals surface area contributed by atoms with E-state index in [-0.39, 0.29) is 16.7 Å². The van der Waals surface area contributed by atoms with Crippen LogP contribution in [0.3, 0.4) is 0 Å². The van der Waals surface area contributed by atoms with Crippen LogP contribution in [0.5, 0.6) is 0 Å². The van der Waals surface area contributed by atoms with Crippen molar-refractivity contribution in [3.05, 3.63) is 41.8 Å². The summed E-state index contributed by atoms with van der Waals surface area (Å²) in [6, 6.07) is 6.07. The minimum Gasteiger partial charge on any atom is -0.412 e. The largest absolute Gasteiger partial charge is 0.412 e. The molecule has 0 unspecified atom stereocenters. The molecule has 0 saturated carbocycles. The quantitative estimate of drug-likeness (QED) is 0.711. The van der Waals surface area contributed by atoms with Gasteiger partial charge in [0.05, 0.1) is 4.90 Å². The van der Waals surface area contributed by atoms with E-state index in [9.17, 15) is 13.2 Å². The Morgan fingerprint density at radius 2 is 1.93 bits per heavy atom. The van der Waals surface area contributed by atoms with Gasteiger partial charge in [-0.15, -0.1) is 10.2 Å². The summed E-state index contributed by atoms with van der Waals surface area (Å²) in [7, 11) is -0.567. The SMILES string of the molecule is CN(C)S(=O)(=O)c1ccc(-c2nnc(C(=O)NCCC3=CCCCC3)o2)cc1. The van der Waals surface area contributed by atoms with Crippen LogP contribution in [-0.2, 0) is 10.0 Å². The molecule has 0 bridgehead atoms. The van der Waals surface area contributed by atoms with Crippen LogP contribution in [0.2, 0.25) is 0 Å². The minimum absolute atomic E-state index is 0.113. The van der Waals surface area contributed by atoms with Crippen molar-refractivity contribution in [1.82, 2.24) is 19.8 Å². The molecule has 8 nitrogen and oxygen atoms in total. The maximum Gasteiger partial charge on any atom is 0.308 e. The number of carbonyl (C=O) groups excluding carboxylic acids is 1. The lowest BCUT2D eigenvalue weighted by Gasteiger charge is -2.12. The summed E-state index contributed by atoms with van der Waals surface area (Å²) in [5.74, 6) is -0.367. The van der Waals surface area contributed by atoms with Gasteiger partial charge in [-0.1, -0.05) is 11.6 Å². The summed E-state index contributed by atoms with van der Waals surface area (Å²) in [5, 5.41) is 10.5. The van der Waals surface area contributed by atoms with E-state index in [0.29, 0.717) is 12.1 Å². The summed E-state index contributed by atoms with van der Waals surface area (Å²) in [6.45, 7) is 0.527. The Kier molecular flexibility index (Phi) is 6.25. The normalized spacial score (nSPS) is 14.8. The first-order valence-electron chi connectivity index (χ1n) is 9.20. The number of sulfonamides is 1. The Morgan fingerprint density at radius 3 is 2.57 bits per heavy atom. The number of benzene rings is 1. The molecule has 2 aromatic rings. The van der Waals surface area contributed by atoms with Gasteiger partial charge in [-0.2, -0.15) is 0 Å². The zero-order valence-corrected chi connectivity index (χ0v) is 16.8. The summed E-state index contributed by atoms with van der Waals surface area (Å²) >= 11 is 0. The third kappa shape index (κ3) is 4.66. The fraction of sp³-hybridized carbons (Fsp3) is 0.421. The maximum absolute atomic E-state index is 12.2. The zero-order chi connectivity index (χ0) is 20.1. The molecule has 1 heterocycles.